The Labute approximate surface area is 109 Å². The van der Waals surface area contributed by atoms with Crippen molar-refractivity contribution in [2.24, 2.45) is 11.8 Å². The van der Waals surface area contributed by atoms with Crippen molar-refractivity contribution in [3.63, 3.8) is 0 Å². The molecule has 0 saturated heterocycles. The van der Waals surface area contributed by atoms with Crippen LogP contribution in [0.4, 0.5) is 0 Å². The highest BCUT2D eigenvalue weighted by atomic mass is 35.5. The number of nitrogens with one attached hydrogen (secondary N) is 1. The second kappa shape index (κ2) is 5.40. The number of halogens is 1. The van der Waals surface area contributed by atoms with Crippen molar-refractivity contribution in [2.75, 3.05) is 13.1 Å². The highest BCUT2D eigenvalue weighted by Gasteiger charge is 2.32. The highest BCUT2D eigenvalue weighted by molar-refractivity contribution is 6.31. The second-order valence-electron chi connectivity index (χ2n) is 5.50. The van der Waals surface area contributed by atoms with E-state index in [1.54, 1.807) is 0 Å². The zero-order valence-electron chi connectivity index (χ0n) is 10.9. The van der Waals surface area contributed by atoms with Gasteiger partial charge in [-0.1, -0.05) is 25.4 Å². The normalized spacial score (nSPS) is 24.1. The van der Waals surface area contributed by atoms with E-state index in [-0.39, 0.29) is 0 Å². The molecule has 96 valence electrons. The Morgan fingerprint density at radius 2 is 2.29 bits per heavy atom. The lowest BCUT2D eigenvalue weighted by molar-refractivity contribution is 0.161. The minimum absolute atomic E-state index is 0.542. The molecule has 3 nitrogen and oxygen atoms in total. The molecule has 2 rings (SSSR count). The van der Waals surface area contributed by atoms with Crippen LogP contribution in [0, 0.1) is 18.8 Å². The first-order valence-electron chi connectivity index (χ1n) is 6.50. The van der Waals surface area contributed by atoms with Crippen molar-refractivity contribution in [2.45, 2.75) is 39.7 Å². The molecule has 0 spiro atoms. The molecule has 0 bridgehead atoms. The fourth-order valence-corrected chi connectivity index (χ4v) is 2.46. The van der Waals surface area contributed by atoms with Crippen molar-refractivity contribution in [1.29, 1.82) is 0 Å². The lowest BCUT2D eigenvalue weighted by Gasteiger charge is -2.37. The molecule has 0 amide bonds. The minimum atomic E-state index is 0.542. The number of hydrogen-bond donors (Lipinski definition) is 1. The SMILES string of the molecule is Cc1nn(C2CCC2CNCC(C)C)cc1Cl. The second-order valence-corrected chi connectivity index (χ2v) is 5.91. The van der Waals surface area contributed by atoms with Crippen molar-refractivity contribution in [3.8, 4) is 0 Å². The van der Waals surface area contributed by atoms with Crippen molar-refractivity contribution in [1.82, 2.24) is 15.1 Å². The van der Waals surface area contributed by atoms with Gasteiger partial charge in [0.25, 0.3) is 0 Å². The summed E-state index contributed by atoms with van der Waals surface area (Å²) in [5.74, 6) is 1.43. The maximum Gasteiger partial charge on any atom is 0.0815 e. The summed E-state index contributed by atoms with van der Waals surface area (Å²) in [7, 11) is 0. The van der Waals surface area contributed by atoms with E-state index in [2.05, 4.69) is 28.9 Å². The molecule has 0 aliphatic heterocycles. The van der Waals surface area contributed by atoms with Gasteiger partial charge in [-0.3, -0.25) is 4.68 Å². The summed E-state index contributed by atoms with van der Waals surface area (Å²) in [4.78, 5) is 0. The molecule has 4 heteroatoms. The summed E-state index contributed by atoms with van der Waals surface area (Å²) >= 11 is 6.05. The summed E-state index contributed by atoms with van der Waals surface area (Å²) in [5.41, 5.74) is 0.937. The number of rotatable bonds is 5. The third-order valence-electron chi connectivity index (χ3n) is 3.53. The quantitative estimate of drug-likeness (QED) is 0.877. The smallest absolute Gasteiger partial charge is 0.0815 e. The zero-order valence-corrected chi connectivity index (χ0v) is 11.7. The van der Waals surface area contributed by atoms with E-state index in [4.69, 9.17) is 11.6 Å². The fraction of sp³-hybridized carbons (Fsp3) is 0.769. The highest BCUT2D eigenvalue weighted by Crippen LogP contribution is 2.38. The number of aromatic nitrogens is 2. The van der Waals surface area contributed by atoms with Gasteiger partial charge in [0.15, 0.2) is 0 Å². The van der Waals surface area contributed by atoms with E-state index in [1.807, 2.05) is 13.1 Å². The van der Waals surface area contributed by atoms with Crippen LogP contribution in [0.1, 0.15) is 38.4 Å². The molecule has 1 aromatic rings. The van der Waals surface area contributed by atoms with Gasteiger partial charge in [0, 0.05) is 12.7 Å². The van der Waals surface area contributed by atoms with Crippen molar-refractivity contribution in [3.05, 3.63) is 16.9 Å². The Balaban J connectivity index is 1.86. The van der Waals surface area contributed by atoms with Crippen LogP contribution in [0.2, 0.25) is 5.02 Å². The Bertz CT molecular complexity index is 353. The van der Waals surface area contributed by atoms with Gasteiger partial charge in [-0.2, -0.15) is 5.10 Å². The molecule has 2 unspecified atom stereocenters. The lowest BCUT2D eigenvalue weighted by Crippen LogP contribution is -2.38. The monoisotopic (exact) mass is 255 g/mol. The standard InChI is InChI=1S/C13H22ClN3/c1-9(2)6-15-7-11-4-5-13(11)17-8-12(14)10(3)16-17/h8-9,11,13,15H,4-7H2,1-3H3. The molecule has 2 atom stereocenters. The van der Waals surface area contributed by atoms with E-state index < -0.39 is 0 Å². The molecule has 0 radical (unpaired) electrons. The molecule has 1 heterocycles. The minimum Gasteiger partial charge on any atom is -0.316 e. The van der Waals surface area contributed by atoms with Crippen LogP contribution in [0.25, 0.3) is 0 Å². The van der Waals surface area contributed by atoms with Crippen LogP contribution in [0.5, 0.6) is 0 Å². The maximum absolute atomic E-state index is 6.05. The number of aryl methyl sites for hydroxylation is 1. The summed E-state index contributed by atoms with van der Waals surface area (Å²) < 4.78 is 2.06. The number of nitrogens with zero attached hydrogens (tertiary/aromatic N) is 2. The molecule has 1 aliphatic carbocycles. The molecular formula is C13H22ClN3. The Hall–Kier alpha value is -0.540. The molecular weight excluding hydrogens is 234 g/mol. The summed E-state index contributed by atoms with van der Waals surface area (Å²) in [6, 6.07) is 0.542. The lowest BCUT2D eigenvalue weighted by atomic mass is 9.79. The molecule has 1 aliphatic rings. The molecule has 17 heavy (non-hydrogen) atoms. The van der Waals surface area contributed by atoms with Gasteiger partial charge in [-0.05, 0) is 38.1 Å². The van der Waals surface area contributed by atoms with E-state index in [9.17, 15) is 0 Å². The van der Waals surface area contributed by atoms with Gasteiger partial charge in [-0.15, -0.1) is 0 Å². The van der Waals surface area contributed by atoms with Crippen LogP contribution >= 0.6 is 11.6 Å². The predicted octanol–water partition coefficient (Wildman–Crippen LogP) is 3.04. The molecule has 1 saturated carbocycles. The predicted molar refractivity (Wildman–Crippen MR) is 71.4 cm³/mol. The van der Waals surface area contributed by atoms with Gasteiger partial charge in [0.2, 0.25) is 0 Å². The van der Waals surface area contributed by atoms with E-state index in [1.165, 1.54) is 12.8 Å². The largest absolute Gasteiger partial charge is 0.316 e. The molecule has 0 aromatic carbocycles. The Kier molecular flexibility index (Phi) is 4.10. The van der Waals surface area contributed by atoms with Crippen LogP contribution in [0.15, 0.2) is 6.20 Å². The van der Waals surface area contributed by atoms with Crippen molar-refractivity contribution < 1.29 is 0 Å². The Morgan fingerprint density at radius 3 is 2.76 bits per heavy atom. The van der Waals surface area contributed by atoms with Gasteiger partial charge >= 0.3 is 0 Å². The van der Waals surface area contributed by atoms with Crippen LogP contribution in [-0.2, 0) is 0 Å². The fourth-order valence-electron chi connectivity index (χ4n) is 2.32. The first kappa shape index (κ1) is 12.9. The van der Waals surface area contributed by atoms with Crippen molar-refractivity contribution >= 4 is 11.6 Å². The van der Waals surface area contributed by atoms with Gasteiger partial charge in [-0.25, -0.2) is 0 Å². The van der Waals surface area contributed by atoms with Gasteiger partial charge < -0.3 is 5.32 Å². The van der Waals surface area contributed by atoms with Gasteiger partial charge in [0.1, 0.15) is 0 Å². The molecule has 1 N–H and O–H groups in total. The maximum atomic E-state index is 6.05. The van der Waals surface area contributed by atoms with Crippen LogP contribution in [0.3, 0.4) is 0 Å². The average Bonchev–Trinajstić information content (AvgIpc) is 2.51. The third-order valence-corrected chi connectivity index (χ3v) is 3.90. The topological polar surface area (TPSA) is 29.9 Å². The molecule has 1 aromatic heterocycles. The summed E-state index contributed by atoms with van der Waals surface area (Å²) in [6.07, 6.45) is 4.49. The average molecular weight is 256 g/mol. The van der Waals surface area contributed by atoms with E-state index in [0.29, 0.717) is 12.0 Å². The number of hydrogen-bond acceptors (Lipinski definition) is 2. The first-order chi connectivity index (χ1) is 8.08. The molecule has 1 fully saturated rings. The van der Waals surface area contributed by atoms with E-state index >= 15 is 0 Å². The van der Waals surface area contributed by atoms with Gasteiger partial charge in [0.05, 0.1) is 16.8 Å². The van der Waals surface area contributed by atoms with Crippen LogP contribution in [-0.4, -0.2) is 22.9 Å². The third kappa shape index (κ3) is 3.02. The van der Waals surface area contributed by atoms with Crippen LogP contribution < -0.4 is 5.32 Å². The first-order valence-corrected chi connectivity index (χ1v) is 6.87. The summed E-state index contributed by atoms with van der Waals surface area (Å²) in [6.45, 7) is 8.63. The van der Waals surface area contributed by atoms with E-state index in [0.717, 1.165) is 29.7 Å². The Morgan fingerprint density at radius 1 is 1.53 bits per heavy atom. The summed E-state index contributed by atoms with van der Waals surface area (Å²) in [5, 5.41) is 8.80. The zero-order chi connectivity index (χ0) is 12.4.